The molecule has 0 radical (unpaired) electrons. The molecule has 1 saturated heterocycles. The fourth-order valence-corrected chi connectivity index (χ4v) is 2.80. The van der Waals surface area contributed by atoms with E-state index in [4.69, 9.17) is 14.6 Å². The first-order valence-electron chi connectivity index (χ1n) is 8.80. The van der Waals surface area contributed by atoms with Crippen molar-refractivity contribution < 1.29 is 24.2 Å². The lowest BCUT2D eigenvalue weighted by atomic mass is 10.1. The largest absolute Gasteiger partial charge is 0.493 e. The second-order valence-corrected chi connectivity index (χ2v) is 6.57. The molecule has 0 spiro atoms. The van der Waals surface area contributed by atoms with Gasteiger partial charge in [-0.15, -0.1) is 0 Å². The minimum absolute atomic E-state index is 0.100. The van der Waals surface area contributed by atoms with Crippen LogP contribution < -0.4 is 10.1 Å². The number of amides is 1. The van der Waals surface area contributed by atoms with Crippen molar-refractivity contribution in [3.63, 3.8) is 0 Å². The summed E-state index contributed by atoms with van der Waals surface area (Å²) < 4.78 is 11.3. The van der Waals surface area contributed by atoms with Gasteiger partial charge in [0.15, 0.2) is 0 Å². The third-order valence-corrected chi connectivity index (χ3v) is 4.41. The molecule has 1 aliphatic heterocycles. The zero-order valence-corrected chi connectivity index (χ0v) is 15.1. The number of hydrogen-bond donors (Lipinski definition) is 2. The number of ether oxygens (including phenoxy) is 2. The Morgan fingerprint density at radius 2 is 2.19 bits per heavy atom. The van der Waals surface area contributed by atoms with Crippen LogP contribution in [-0.2, 0) is 11.3 Å². The SMILES string of the molecule is Cc1ccc(CNC(=O)c2ccc(C(=O)O)nc2)c(OCC2CCOC2)c1. The van der Waals surface area contributed by atoms with Crippen molar-refractivity contribution >= 4 is 11.9 Å². The number of rotatable bonds is 7. The second-order valence-electron chi connectivity index (χ2n) is 6.57. The summed E-state index contributed by atoms with van der Waals surface area (Å²) in [6, 6.07) is 8.61. The molecular weight excluding hydrogens is 348 g/mol. The lowest BCUT2D eigenvalue weighted by molar-refractivity contribution is 0.0689. The summed E-state index contributed by atoms with van der Waals surface area (Å²) in [6.07, 6.45) is 2.25. The summed E-state index contributed by atoms with van der Waals surface area (Å²) in [5.41, 5.74) is 2.16. The molecule has 2 heterocycles. The van der Waals surface area contributed by atoms with Gasteiger partial charge in [-0.3, -0.25) is 4.79 Å². The van der Waals surface area contributed by atoms with Crippen LogP contribution in [0, 0.1) is 12.8 Å². The number of nitrogens with one attached hydrogen (secondary N) is 1. The summed E-state index contributed by atoms with van der Waals surface area (Å²) in [5.74, 6) is -0.306. The van der Waals surface area contributed by atoms with Crippen LogP contribution in [0.5, 0.6) is 5.75 Å². The number of aryl methyl sites for hydroxylation is 1. The molecule has 2 aromatic rings. The second kappa shape index (κ2) is 8.64. The molecule has 0 bridgehead atoms. The van der Waals surface area contributed by atoms with Crippen LogP contribution in [0.2, 0.25) is 0 Å². The number of carboxylic acids is 1. The molecule has 1 aliphatic rings. The van der Waals surface area contributed by atoms with Crippen LogP contribution in [-0.4, -0.2) is 41.8 Å². The van der Waals surface area contributed by atoms with Gasteiger partial charge >= 0.3 is 5.97 Å². The van der Waals surface area contributed by atoms with Crippen molar-refractivity contribution in [3.05, 3.63) is 58.9 Å². The Hall–Kier alpha value is -2.93. The van der Waals surface area contributed by atoms with E-state index in [2.05, 4.69) is 10.3 Å². The van der Waals surface area contributed by atoms with Gasteiger partial charge in [0.05, 0.1) is 18.8 Å². The van der Waals surface area contributed by atoms with Gasteiger partial charge in [-0.25, -0.2) is 9.78 Å². The quantitative estimate of drug-likeness (QED) is 0.777. The minimum atomic E-state index is -1.13. The van der Waals surface area contributed by atoms with E-state index in [0.29, 0.717) is 24.6 Å². The Balaban J connectivity index is 1.62. The number of nitrogens with zero attached hydrogens (tertiary/aromatic N) is 1. The maximum atomic E-state index is 12.3. The minimum Gasteiger partial charge on any atom is -0.493 e. The number of aromatic nitrogens is 1. The van der Waals surface area contributed by atoms with E-state index < -0.39 is 5.97 Å². The third kappa shape index (κ3) is 5.04. The van der Waals surface area contributed by atoms with Crippen LogP contribution in [0.4, 0.5) is 0 Å². The molecule has 1 aromatic heterocycles. The highest BCUT2D eigenvalue weighted by molar-refractivity contribution is 5.94. The van der Waals surface area contributed by atoms with Crippen molar-refractivity contribution in [3.8, 4) is 5.75 Å². The van der Waals surface area contributed by atoms with E-state index in [0.717, 1.165) is 36.5 Å². The molecule has 3 rings (SSSR count). The molecule has 1 amide bonds. The predicted molar refractivity (Wildman–Crippen MR) is 98.0 cm³/mol. The normalized spacial score (nSPS) is 16.1. The molecular formula is C20H22N2O5. The first kappa shape index (κ1) is 18.8. The topological polar surface area (TPSA) is 97.8 Å². The van der Waals surface area contributed by atoms with Crippen molar-refractivity contribution in [2.75, 3.05) is 19.8 Å². The van der Waals surface area contributed by atoms with Gasteiger partial charge in [0.25, 0.3) is 5.91 Å². The molecule has 0 aliphatic carbocycles. The number of benzene rings is 1. The van der Waals surface area contributed by atoms with Gasteiger partial charge in [0.1, 0.15) is 11.4 Å². The Labute approximate surface area is 157 Å². The summed E-state index contributed by atoms with van der Waals surface area (Å²) >= 11 is 0. The van der Waals surface area contributed by atoms with Gasteiger partial charge in [0, 0.05) is 30.8 Å². The highest BCUT2D eigenvalue weighted by Crippen LogP contribution is 2.22. The molecule has 27 heavy (non-hydrogen) atoms. The van der Waals surface area contributed by atoms with Gasteiger partial charge < -0.3 is 19.9 Å². The molecule has 7 heteroatoms. The van der Waals surface area contributed by atoms with Crippen molar-refractivity contribution in [1.29, 1.82) is 0 Å². The fourth-order valence-electron chi connectivity index (χ4n) is 2.80. The smallest absolute Gasteiger partial charge is 0.354 e. The lowest BCUT2D eigenvalue weighted by Gasteiger charge is -2.15. The standard InChI is InChI=1S/C20H22N2O5/c1-13-2-3-15(18(8-13)27-12-14-6-7-26-11-14)9-22-19(23)16-4-5-17(20(24)25)21-10-16/h2-5,8,10,14H,6-7,9,11-12H2,1H3,(H,22,23)(H,24,25). The van der Waals surface area contributed by atoms with Crippen LogP contribution in [0.3, 0.4) is 0 Å². The van der Waals surface area contributed by atoms with Gasteiger partial charge in [-0.2, -0.15) is 0 Å². The number of carbonyl (C=O) groups excluding carboxylic acids is 1. The Bertz CT molecular complexity index is 814. The van der Waals surface area contributed by atoms with Gasteiger partial charge in [-0.1, -0.05) is 12.1 Å². The zero-order valence-electron chi connectivity index (χ0n) is 15.1. The van der Waals surface area contributed by atoms with E-state index >= 15 is 0 Å². The summed E-state index contributed by atoms with van der Waals surface area (Å²) in [4.78, 5) is 26.9. The average Bonchev–Trinajstić information content (AvgIpc) is 3.19. The van der Waals surface area contributed by atoms with Crippen molar-refractivity contribution in [2.24, 2.45) is 5.92 Å². The average molecular weight is 370 g/mol. The van der Waals surface area contributed by atoms with Crippen LogP contribution in [0.25, 0.3) is 0 Å². The molecule has 2 N–H and O–H groups in total. The number of pyridine rings is 1. The van der Waals surface area contributed by atoms with E-state index in [1.54, 1.807) is 0 Å². The van der Waals surface area contributed by atoms with Crippen LogP contribution in [0.15, 0.2) is 36.5 Å². The summed E-state index contributed by atoms with van der Waals surface area (Å²) in [5, 5.41) is 11.7. The Morgan fingerprint density at radius 3 is 2.85 bits per heavy atom. The number of carboxylic acid groups (broad SMARTS) is 1. The Kier molecular flexibility index (Phi) is 6.03. The van der Waals surface area contributed by atoms with Gasteiger partial charge in [0.2, 0.25) is 0 Å². The highest BCUT2D eigenvalue weighted by atomic mass is 16.5. The zero-order chi connectivity index (χ0) is 19.2. The van der Waals surface area contributed by atoms with Crippen molar-refractivity contribution in [2.45, 2.75) is 19.9 Å². The van der Waals surface area contributed by atoms with Crippen LogP contribution >= 0.6 is 0 Å². The summed E-state index contributed by atoms with van der Waals surface area (Å²) in [6.45, 7) is 4.38. The molecule has 7 nitrogen and oxygen atoms in total. The molecule has 1 atom stereocenters. The first-order chi connectivity index (χ1) is 13.0. The molecule has 0 saturated carbocycles. The van der Waals surface area contributed by atoms with Gasteiger partial charge in [-0.05, 0) is 37.1 Å². The van der Waals surface area contributed by atoms with E-state index in [1.165, 1.54) is 18.3 Å². The van der Waals surface area contributed by atoms with Crippen molar-refractivity contribution in [1.82, 2.24) is 10.3 Å². The van der Waals surface area contributed by atoms with Crippen LogP contribution in [0.1, 0.15) is 38.4 Å². The third-order valence-electron chi connectivity index (χ3n) is 4.41. The monoisotopic (exact) mass is 370 g/mol. The highest BCUT2D eigenvalue weighted by Gasteiger charge is 2.17. The number of aromatic carboxylic acids is 1. The fraction of sp³-hybridized carbons (Fsp3) is 0.350. The van der Waals surface area contributed by atoms with E-state index in [9.17, 15) is 9.59 Å². The van der Waals surface area contributed by atoms with E-state index in [-0.39, 0.29) is 11.6 Å². The predicted octanol–water partition coefficient (Wildman–Crippen LogP) is 2.43. The maximum Gasteiger partial charge on any atom is 0.354 e. The lowest BCUT2D eigenvalue weighted by Crippen LogP contribution is -2.23. The summed E-state index contributed by atoms with van der Waals surface area (Å²) in [7, 11) is 0. The Morgan fingerprint density at radius 1 is 1.33 bits per heavy atom. The molecule has 1 unspecified atom stereocenters. The number of hydrogen-bond acceptors (Lipinski definition) is 5. The molecule has 142 valence electrons. The maximum absolute atomic E-state index is 12.3. The molecule has 1 fully saturated rings. The molecule has 1 aromatic carbocycles. The number of carbonyl (C=O) groups is 2. The van der Waals surface area contributed by atoms with E-state index in [1.807, 2.05) is 25.1 Å². The first-order valence-corrected chi connectivity index (χ1v) is 8.80.